The standard InChI is InChI=1S/C23H30N6O3/c30-22-21-17(14-4-1-2-5-14)8-9-19(27-21)26-20-13-18(28-29-20)15-6-7-16(12-15)32-23(31)25-11-3-10-24-22/h8-9,13-16H,1-7,10-12H2,(H,24,30)(H,25,31)(H2,26,27,28,29)/t15-,16+/m0/s1. The maximum Gasteiger partial charge on any atom is 0.407 e. The van der Waals surface area contributed by atoms with E-state index in [9.17, 15) is 9.59 Å². The van der Waals surface area contributed by atoms with Crippen molar-refractivity contribution in [2.75, 3.05) is 18.4 Å². The lowest BCUT2D eigenvalue weighted by atomic mass is 9.95. The fourth-order valence-corrected chi connectivity index (χ4v) is 5.12. The average Bonchev–Trinajstić information content (AvgIpc) is 3.55. The molecule has 2 aliphatic carbocycles. The number of aromatic amines is 1. The second-order valence-corrected chi connectivity index (χ2v) is 9.02. The molecule has 9 heteroatoms. The number of rotatable bonds is 1. The van der Waals surface area contributed by atoms with Crippen LogP contribution in [0.15, 0.2) is 18.2 Å². The number of nitrogens with zero attached hydrogens (tertiary/aromatic N) is 2. The number of aromatic nitrogens is 3. The van der Waals surface area contributed by atoms with Crippen LogP contribution in [0.2, 0.25) is 0 Å². The van der Waals surface area contributed by atoms with Crippen LogP contribution in [0.4, 0.5) is 16.4 Å². The molecule has 0 aromatic carbocycles. The highest BCUT2D eigenvalue weighted by atomic mass is 16.6. The number of carbonyl (C=O) groups excluding carboxylic acids is 2. The number of nitrogens with one attached hydrogen (secondary N) is 4. The fraction of sp³-hybridized carbons (Fsp3) is 0.565. The Morgan fingerprint density at radius 1 is 0.906 bits per heavy atom. The highest BCUT2D eigenvalue weighted by Crippen LogP contribution is 2.37. The summed E-state index contributed by atoms with van der Waals surface area (Å²) < 4.78 is 5.56. The molecule has 32 heavy (non-hydrogen) atoms. The molecule has 2 amide bonds. The highest BCUT2D eigenvalue weighted by molar-refractivity contribution is 5.94. The minimum atomic E-state index is -0.395. The van der Waals surface area contributed by atoms with Crippen molar-refractivity contribution in [1.82, 2.24) is 25.8 Å². The first-order valence-corrected chi connectivity index (χ1v) is 11.7. The Hall–Kier alpha value is -3.10. The summed E-state index contributed by atoms with van der Waals surface area (Å²) in [7, 11) is 0. The topological polar surface area (TPSA) is 121 Å². The monoisotopic (exact) mass is 438 g/mol. The maximum atomic E-state index is 13.0. The van der Waals surface area contributed by atoms with Gasteiger partial charge in [-0.3, -0.25) is 9.89 Å². The summed E-state index contributed by atoms with van der Waals surface area (Å²) in [6.45, 7) is 0.903. The second-order valence-electron chi connectivity index (χ2n) is 9.02. The zero-order valence-corrected chi connectivity index (χ0v) is 18.2. The van der Waals surface area contributed by atoms with Gasteiger partial charge in [0, 0.05) is 30.8 Å². The van der Waals surface area contributed by atoms with Gasteiger partial charge in [0.25, 0.3) is 5.91 Å². The molecule has 5 rings (SSSR count). The first-order valence-electron chi connectivity index (χ1n) is 11.7. The van der Waals surface area contributed by atoms with Gasteiger partial charge in [-0.05, 0) is 56.1 Å². The van der Waals surface area contributed by atoms with Gasteiger partial charge in [-0.1, -0.05) is 18.9 Å². The minimum Gasteiger partial charge on any atom is -0.446 e. The molecule has 3 aliphatic rings. The van der Waals surface area contributed by atoms with Gasteiger partial charge in [-0.2, -0.15) is 5.10 Å². The van der Waals surface area contributed by atoms with E-state index in [2.05, 4.69) is 31.1 Å². The van der Waals surface area contributed by atoms with Crippen LogP contribution < -0.4 is 16.0 Å². The summed E-state index contributed by atoms with van der Waals surface area (Å²) in [6.07, 6.45) is 7.25. The SMILES string of the molecule is O=C1NCCCNC(=O)c2nc(ccc2C2CCCC2)Nc2cc([nH]n2)[C@H]2CC[C@H](C2)O1. The van der Waals surface area contributed by atoms with Crippen LogP contribution >= 0.6 is 0 Å². The van der Waals surface area contributed by atoms with Crippen LogP contribution in [0.25, 0.3) is 0 Å². The largest absolute Gasteiger partial charge is 0.446 e. The Morgan fingerprint density at radius 3 is 2.62 bits per heavy atom. The molecule has 0 radical (unpaired) electrons. The molecule has 2 saturated carbocycles. The van der Waals surface area contributed by atoms with Crippen LogP contribution in [-0.2, 0) is 4.74 Å². The first kappa shape index (κ1) is 20.8. The molecule has 1 aliphatic heterocycles. The molecule has 170 valence electrons. The Kier molecular flexibility index (Phi) is 5.96. The van der Waals surface area contributed by atoms with Gasteiger partial charge in [0.2, 0.25) is 0 Å². The summed E-state index contributed by atoms with van der Waals surface area (Å²) in [6, 6.07) is 5.94. The molecule has 0 spiro atoms. The van der Waals surface area contributed by atoms with E-state index >= 15 is 0 Å². The van der Waals surface area contributed by atoms with E-state index in [0.29, 0.717) is 42.8 Å². The van der Waals surface area contributed by atoms with E-state index in [1.807, 2.05) is 18.2 Å². The molecule has 4 N–H and O–H groups in total. The number of amides is 2. The minimum absolute atomic E-state index is 0.0920. The van der Waals surface area contributed by atoms with Gasteiger partial charge in [-0.15, -0.1) is 0 Å². The summed E-state index contributed by atoms with van der Waals surface area (Å²) in [5, 5.41) is 16.5. The molecule has 0 saturated heterocycles. The highest BCUT2D eigenvalue weighted by Gasteiger charge is 2.30. The van der Waals surface area contributed by atoms with Crippen molar-refractivity contribution < 1.29 is 14.3 Å². The molecule has 6 bridgehead atoms. The van der Waals surface area contributed by atoms with Crippen molar-refractivity contribution in [3.63, 3.8) is 0 Å². The van der Waals surface area contributed by atoms with E-state index < -0.39 is 6.09 Å². The van der Waals surface area contributed by atoms with Gasteiger partial charge >= 0.3 is 6.09 Å². The lowest BCUT2D eigenvalue weighted by molar-refractivity contribution is 0.0946. The van der Waals surface area contributed by atoms with E-state index in [1.165, 1.54) is 12.8 Å². The van der Waals surface area contributed by atoms with Crippen LogP contribution in [0.1, 0.15) is 84.9 Å². The Balaban J connectivity index is 1.42. The number of alkyl carbamates (subject to hydrolysis) is 1. The number of carbonyl (C=O) groups is 2. The van der Waals surface area contributed by atoms with E-state index in [-0.39, 0.29) is 17.9 Å². The summed E-state index contributed by atoms with van der Waals surface area (Å²) in [4.78, 5) is 29.8. The molecular formula is C23H30N6O3. The first-order chi connectivity index (χ1) is 15.7. The zero-order chi connectivity index (χ0) is 21.9. The van der Waals surface area contributed by atoms with Crippen molar-refractivity contribution in [2.45, 2.75) is 69.3 Å². The smallest absolute Gasteiger partial charge is 0.407 e. The number of pyridine rings is 1. The third-order valence-corrected chi connectivity index (χ3v) is 6.80. The third kappa shape index (κ3) is 4.56. The van der Waals surface area contributed by atoms with Crippen molar-refractivity contribution in [3.05, 3.63) is 35.2 Å². The fourth-order valence-electron chi connectivity index (χ4n) is 5.12. The Bertz CT molecular complexity index is 984. The van der Waals surface area contributed by atoms with Gasteiger partial charge in [-0.25, -0.2) is 9.78 Å². The predicted molar refractivity (Wildman–Crippen MR) is 119 cm³/mol. The number of fused-ring (bicyclic) bond motifs is 7. The Labute approximate surface area is 187 Å². The van der Waals surface area contributed by atoms with Crippen LogP contribution in [0.3, 0.4) is 0 Å². The molecule has 9 nitrogen and oxygen atoms in total. The summed E-state index contributed by atoms with van der Waals surface area (Å²) >= 11 is 0. The molecule has 2 atom stereocenters. The number of hydrogen-bond donors (Lipinski definition) is 4. The van der Waals surface area contributed by atoms with Crippen molar-refractivity contribution in [1.29, 1.82) is 0 Å². The summed E-state index contributed by atoms with van der Waals surface area (Å²) in [5.74, 6) is 1.74. The van der Waals surface area contributed by atoms with E-state index in [4.69, 9.17) is 4.74 Å². The predicted octanol–water partition coefficient (Wildman–Crippen LogP) is 3.70. The average molecular weight is 439 g/mol. The molecule has 3 heterocycles. The number of H-pyrrole nitrogens is 1. The zero-order valence-electron chi connectivity index (χ0n) is 18.2. The molecule has 0 unspecified atom stereocenters. The number of anilines is 2. The van der Waals surface area contributed by atoms with Crippen LogP contribution in [-0.4, -0.2) is 46.4 Å². The van der Waals surface area contributed by atoms with E-state index in [1.54, 1.807) is 0 Å². The van der Waals surface area contributed by atoms with Crippen LogP contribution in [0, 0.1) is 0 Å². The van der Waals surface area contributed by atoms with Crippen molar-refractivity contribution in [3.8, 4) is 0 Å². The maximum absolute atomic E-state index is 13.0. The van der Waals surface area contributed by atoms with Crippen molar-refractivity contribution in [2.24, 2.45) is 0 Å². The lowest BCUT2D eigenvalue weighted by Crippen LogP contribution is -2.32. The molecular weight excluding hydrogens is 408 g/mol. The quantitative estimate of drug-likeness (QED) is 0.539. The van der Waals surface area contributed by atoms with Gasteiger partial charge in [0.1, 0.15) is 17.6 Å². The molecule has 2 aromatic rings. The summed E-state index contributed by atoms with van der Waals surface area (Å²) in [5.41, 5.74) is 2.51. The number of hydrogen-bond acceptors (Lipinski definition) is 6. The van der Waals surface area contributed by atoms with Gasteiger partial charge < -0.3 is 20.7 Å². The lowest BCUT2D eigenvalue weighted by Gasteiger charge is -2.16. The second kappa shape index (κ2) is 9.18. The number of ether oxygens (including phenoxy) is 1. The van der Waals surface area contributed by atoms with Gasteiger partial charge in [0.05, 0.1) is 0 Å². The normalized spacial score (nSPS) is 24.6. The Morgan fingerprint density at radius 2 is 1.75 bits per heavy atom. The van der Waals surface area contributed by atoms with Gasteiger partial charge in [0.15, 0.2) is 5.82 Å². The van der Waals surface area contributed by atoms with E-state index in [0.717, 1.165) is 43.4 Å². The van der Waals surface area contributed by atoms with Crippen molar-refractivity contribution >= 4 is 23.6 Å². The molecule has 2 aromatic heterocycles. The molecule has 2 fully saturated rings. The van der Waals surface area contributed by atoms with Crippen LogP contribution in [0.5, 0.6) is 0 Å². The third-order valence-electron chi connectivity index (χ3n) is 6.80.